The topological polar surface area (TPSA) is 121 Å². The Labute approximate surface area is 109 Å². The van der Waals surface area contributed by atoms with Gasteiger partial charge in [-0.3, -0.25) is 0 Å². The minimum atomic E-state index is -2.45. The highest BCUT2D eigenvalue weighted by molar-refractivity contribution is 4.54. The summed E-state index contributed by atoms with van der Waals surface area (Å²) in [6.45, 7) is 2.16. The molecule has 0 unspecified atom stereocenters. The highest BCUT2D eigenvalue weighted by Crippen LogP contribution is 2.07. The van der Waals surface area contributed by atoms with Gasteiger partial charge in [0.15, 0.2) is 0 Å². The third-order valence-corrected chi connectivity index (χ3v) is 2.40. The van der Waals surface area contributed by atoms with Gasteiger partial charge in [-0.15, -0.1) is 0 Å². The molecule has 0 amide bonds. The minimum Gasteiger partial charge on any atom is -0.396 e. The number of hydrogen-bond donors (Lipinski definition) is 6. The van der Waals surface area contributed by atoms with Crippen LogP contribution in [0.15, 0.2) is 0 Å². The van der Waals surface area contributed by atoms with E-state index in [0.717, 1.165) is 12.8 Å². The van der Waals surface area contributed by atoms with Crippen molar-refractivity contribution in [1.29, 1.82) is 0 Å². The Bertz CT molecular complexity index is 153. The number of hydrogen-bond acceptors (Lipinski definition) is 6. The molecule has 0 spiro atoms. The van der Waals surface area contributed by atoms with Crippen molar-refractivity contribution in [3.63, 3.8) is 0 Å². The first-order chi connectivity index (χ1) is 8.41. The average molecular weight is 268 g/mol. The largest absolute Gasteiger partial charge is 0.396 e. The summed E-state index contributed by atoms with van der Waals surface area (Å²) in [6, 6.07) is 0. The van der Waals surface area contributed by atoms with Crippen molar-refractivity contribution in [3.8, 4) is 0 Å². The van der Waals surface area contributed by atoms with Gasteiger partial charge in [-0.1, -0.05) is 19.8 Å². The summed E-state index contributed by atoms with van der Waals surface area (Å²) in [5.41, 5.74) is 0. The lowest BCUT2D eigenvalue weighted by Crippen LogP contribution is -2.26. The lowest BCUT2D eigenvalue weighted by Gasteiger charge is -2.12. The number of rotatable bonds is 9. The Morgan fingerprint density at radius 1 is 0.889 bits per heavy atom. The third-order valence-electron chi connectivity index (χ3n) is 2.40. The lowest BCUT2D eigenvalue weighted by atomic mass is 10.1. The van der Waals surface area contributed by atoms with E-state index in [1.165, 1.54) is 0 Å². The minimum absolute atomic E-state index is 0.0104. The van der Waals surface area contributed by atoms with Crippen molar-refractivity contribution in [2.45, 2.75) is 51.4 Å². The molecule has 0 fully saturated rings. The van der Waals surface area contributed by atoms with Crippen LogP contribution in [0, 0.1) is 5.92 Å². The van der Waals surface area contributed by atoms with E-state index in [-0.39, 0.29) is 32.2 Å². The predicted octanol–water partition coefficient (Wildman–Crippen LogP) is -0.443. The zero-order valence-corrected chi connectivity index (χ0v) is 11.1. The Kier molecular flexibility index (Phi) is 14.7. The van der Waals surface area contributed by atoms with Crippen LogP contribution in [-0.4, -0.2) is 56.4 Å². The molecular formula is C12H28O6. The van der Waals surface area contributed by atoms with E-state index in [9.17, 15) is 0 Å². The van der Waals surface area contributed by atoms with Crippen LogP contribution in [0.4, 0.5) is 0 Å². The van der Waals surface area contributed by atoms with Gasteiger partial charge in [-0.2, -0.15) is 0 Å². The normalized spacial score (nSPS) is 11.3. The van der Waals surface area contributed by atoms with Crippen LogP contribution in [0.1, 0.15) is 45.4 Å². The predicted molar refractivity (Wildman–Crippen MR) is 67.5 cm³/mol. The van der Waals surface area contributed by atoms with Crippen LogP contribution < -0.4 is 0 Å². The van der Waals surface area contributed by atoms with E-state index in [0.29, 0.717) is 19.3 Å². The quantitative estimate of drug-likeness (QED) is 0.249. The van der Waals surface area contributed by atoms with Gasteiger partial charge in [0, 0.05) is 32.2 Å². The molecule has 0 radical (unpaired) electrons. The van der Waals surface area contributed by atoms with Crippen LogP contribution in [0.2, 0.25) is 0 Å². The van der Waals surface area contributed by atoms with Gasteiger partial charge in [-0.05, 0) is 19.3 Å². The average Bonchev–Trinajstić information content (AvgIpc) is 2.30. The molecule has 0 aliphatic rings. The Hall–Kier alpha value is -0.240. The molecule has 0 aliphatic carbocycles. The maximum absolute atomic E-state index is 8.51. The molecule has 0 rings (SSSR count). The van der Waals surface area contributed by atoms with Crippen molar-refractivity contribution >= 4 is 0 Å². The molecule has 0 aromatic rings. The zero-order chi connectivity index (χ0) is 14.4. The van der Waals surface area contributed by atoms with E-state index < -0.39 is 5.97 Å². The number of unbranched alkanes of at least 4 members (excludes halogenated alkanes) is 2. The van der Waals surface area contributed by atoms with Gasteiger partial charge in [0.05, 0.1) is 0 Å². The Morgan fingerprint density at radius 2 is 1.44 bits per heavy atom. The van der Waals surface area contributed by atoms with E-state index in [1.54, 1.807) is 0 Å². The second kappa shape index (κ2) is 13.2. The fraction of sp³-hybridized carbons (Fsp3) is 1.00. The standard InChI is InChI=1S/2C6H14O3/c1-2-3-4-5-6(7,8)9;7-3-1-2-6(4-8)5-9/h7-9H,2-5H2,1H3;6-9H,1-5H2. The molecule has 6 nitrogen and oxygen atoms in total. The van der Waals surface area contributed by atoms with Crippen molar-refractivity contribution in [1.82, 2.24) is 0 Å². The Morgan fingerprint density at radius 3 is 1.78 bits per heavy atom. The number of aliphatic hydroxyl groups is 6. The molecule has 0 bridgehead atoms. The fourth-order valence-electron chi connectivity index (χ4n) is 1.23. The zero-order valence-electron chi connectivity index (χ0n) is 11.1. The van der Waals surface area contributed by atoms with Crippen LogP contribution in [0.25, 0.3) is 0 Å². The summed E-state index contributed by atoms with van der Waals surface area (Å²) in [7, 11) is 0. The summed E-state index contributed by atoms with van der Waals surface area (Å²) < 4.78 is 0. The van der Waals surface area contributed by atoms with Crippen molar-refractivity contribution in [2.24, 2.45) is 5.92 Å². The van der Waals surface area contributed by atoms with Crippen molar-refractivity contribution < 1.29 is 30.6 Å². The molecule has 112 valence electrons. The van der Waals surface area contributed by atoms with E-state index >= 15 is 0 Å². The van der Waals surface area contributed by atoms with Crippen LogP contribution in [-0.2, 0) is 0 Å². The fourth-order valence-corrected chi connectivity index (χ4v) is 1.23. The molecule has 0 atom stereocenters. The second-order valence-corrected chi connectivity index (χ2v) is 4.33. The van der Waals surface area contributed by atoms with Crippen molar-refractivity contribution in [2.75, 3.05) is 19.8 Å². The maximum atomic E-state index is 8.51. The van der Waals surface area contributed by atoms with E-state index in [1.807, 2.05) is 6.92 Å². The Balaban J connectivity index is 0. The molecule has 0 saturated carbocycles. The third kappa shape index (κ3) is 18.1. The van der Waals surface area contributed by atoms with Crippen LogP contribution >= 0.6 is 0 Å². The van der Waals surface area contributed by atoms with Gasteiger partial charge in [0.1, 0.15) is 0 Å². The van der Waals surface area contributed by atoms with E-state index in [2.05, 4.69) is 0 Å². The van der Waals surface area contributed by atoms with Crippen LogP contribution in [0.3, 0.4) is 0 Å². The summed E-state index contributed by atoms with van der Waals surface area (Å²) in [5, 5.41) is 50.4. The first kappa shape index (κ1) is 20.1. The monoisotopic (exact) mass is 268 g/mol. The molecule has 0 saturated heterocycles. The second-order valence-electron chi connectivity index (χ2n) is 4.33. The first-order valence-electron chi connectivity index (χ1n) is 6.40. The van der Waals surface area contributed by atoms with Gasteiger partial charge in [-0.25, -0.2) is 0 Å². The first-order valence-corrected chi connectivity index (χ1v) is 6.40. The molecule has 0 heterocycles. The molecule has 0 aromatic heterocycles. The maximum Gasteiger partial charge on any atom is 0.275 e. The van der Waals surface area contributed by atoms with Gasteiger partial charge in [0.2, 0.25) is 0 Å². The SMILES string of the molecule is CCCCCC(O)(O)O.OCCCC(CO)CO. The summed E-state index contributed by atoms with van der Waals surface area (Å²) in [4.78, 5) is 0. The summed E-state index contributed by atoms with van der Waals surface area (Å²) in [5.74, 6) is -2.49. The summed E-state index contributed by atoms with van der Waals surface area (Å²) >= 11 is 0. The molecule has 0 aliphatic heterocycles. The summed E-state index contributed by atoms with van der Waals surface area (Å²) in [6.07, 6.45) is 3.98. The van der Waals surface area contributed by atoms with E-state index in [4.69, 9.17) is 30.6 Å². The smallest absolute Gasteiger partial charge is 0.275 e. The highest BCUT2D eigenvalue weighted by atomic mass is 16.7. The highest BCUT2D eigenvalue weighted by Gasteiger charge is 2.15. The molecule has 6 heteroatoms. The molecule has 18 heavy (non-hydrogen) atoms. The number of aliphatic hydroxyl groups excluding tert-OH is 3. The molecule has 6 N–H and O–H groups in total. The molecule has 0 aromatic carbocycles. The lowest BCUT2D eigenvalue weighted by molar-refractivity contribution is -0.314. The molecular weight excluding hydrogens is 240 g/mol. The van der Waals surface area contributed by atoms with Gasteiger partial charge >= 0.3 is 0 Å². The van der Waals surface area contributed by atoms with Crippen molar-refractivity contribution in [3.05, 3.63) is 0 Å². The van der Waals surface area contributed by atoms with Gasteiger partial charge in [0.25, 0.3) is 5.97 Å². The van der Waals surface area contributed by atoms with Crippen LogP contribution in [0.5, 0.6) is 0 Å². The van der Waals surface area contributed by atoms with Gasteiger partial charge < -0.3 is 30.6 Å².